The first-order valence-electron chi connectivity index (χ1n) is 11.6. The smallest absolute Gasteiger partial charge is 0.289 e. The van der Waals surface area contributed by atoms with E-state index in [1.54, 1.807) is 12.1 Å². The van der Waals surface area contributed by atoms with Crippen LogP contribution in [0.3, 0.4) is 0 Å². The van der Waals surface area contributed by atoms with E-state index in [-0.39, 0.29) is 41.2 Å². The summed E-state index contributed by atoms with van der Waals surface area (Å²) in [5.41, 5.74) is 2.19. The number of fused-ring (bicyclic) bond motifs is 1. The molecule has 7 nitrogen and oxygen atoms in total. The van der Waals surface area contributed by atoms with Crippen LogP contribution in [0, 0.1) is 5.92 Å². The third kappa shape index (κ3) is 4.93. The van der Waals surface area contributed by atoms with Crippen molar-refractivity contribution in [2.24, 2.45) is 5.92 Å². The third-order valence-electron chi connectivity index (χ3n) is 6.58. The number of hydrogen-bond donors (Lipinski definition) is 1. The molecule has 5 rings (SSSR count). The number of carbonyl (C=O) groups is 4. The van der Waals surface area contributed by atoms with Crippen molar-refractivity contribution in [3.8, 4) is 0 Å². The normalized spacial score (nSPS) is 16.7. The zero-order valence-electron chi connectivity index (χ0n) is 19.1. The van der Waals surface area contributed by atoms with E-state index in [1.807, 2.05) is 59.5 Å². The van der Waals surface area contributed by atoms with Crippen LogP contribution < -0.4 is 5.32 Å². The van der Waals surface area contributed by atoms with Gasteiger partial charge >= 0.3 is 0 Å². The predicted octanol–water partition coefficient (Wildman–Crippen LogP) is 4.53. The third-order valence-corrected chi connectivity index (χ3v) is 7.43. The lowest BCUT2D eigenvalue weighted by molar-refractivity contribution is -0.125. The number of nitrogens with zero attached hydrogens (tertiary/aromatic N) is 2. The van der Waals surface area contributed by atoms with Crippen molar-refractivity contribution in [2.45, 2.75) is 19.4 Å². The van der Waals surface area contributed by atoms with E-state index in [9.17, 15) is 19.2 Å². The van der Waals surface area contributed by atoms with Crippen LogP contribution in [0.25, 0.3) is 10.8 Å². The van der Waals surface area contributed by atoms with Gasteiger partial charge in [0, 0.05) is 30.3 Å². The summed E-state index contributed by atoms with van der Waals surface area (Å²) in [6.45, 7) is 1.31. The summed E-state index contributed by atoms with van der Waals surface area (Å²) in [5.74, 6) is -0.203. The molecule has 2 saturated heterocycles. The molecule has 178 valence electrons. The fourth-order valence-electron chi connectivity index (χ4n) is 4.58. The van der Waals surface area contributed by atoms with Gasteiger partial charge in [0.05, 0.1) is 12.3 Å². The van der Waals surface area contributed by atoms with E-state index in [2.05, 4.69) is 5.32 Å². The number of imide groups is 1. The average Bonchev–Trinajstić information content (AvgIpc) is 3.21. The molecule has 4 amide bonds. The van der Waals surface area contributed by atoms with Crippen LogP contribution in [0.1, 0.15) is 28.8 Å². The molecule has 0 unspecified atom stereocenters. The molecule has 0 aliphatic carbocycles. The number of piperidine rings is 1. The van der Waals surface area contributed by atoms with Gasteiger partial charge in [0.2, 0.25) is 11.8 Å². The van der Waals surface area contributed by atoms with Crippen molar-refractivity contribution < 1.29 is 19.2 Å². The van der Waals surface area contributed by atoms with E-state index in [1.165, 1.54) is 4.90 Å². The summed E-state index contributed by atoms with van der Waals surface area (Å²) in [6.07, 6.45) is 1.22. The Balaban J connectivity index is 1.15. The van der Waals surface area contributed by atoms with Gasteiger partial charge in [0.1, 0.15) is 0 Å². The van der Waals surface area contributed by atoms with Crippen molar-refractivity contribution in [1.82, 2.24) is 9.80 Å². The van der Waals surface area contributed by atoms with Gasteiger partial charge in [-0.05, 0) is 47.4 Å². The molecule has 2 aliphatic rings. The van der Waals surface area contributed by atoms with Crippen LogP contribution in [-0.2, 0) is 16.1 Å². The molecule has 1 N–H and O–H groups in total. The Morgan fingerprint density at radius 2 is 1.63 bits per heavy atom. The summed E-state index contributed by atoms with van der Waals surface area (Å²) in [7, 11) is 0. The molecule has 2 aliphatic heterocycles. The second kappa shape index (κ2) is 9.92. The number of nitrogens with one attached hydrogen (secondary N) is 1. The molecule has 0 bridgehead atoms. The second-order valence-electron chi connectivity index (χ2n) is 8.81. The largest absolute Gasteiger partial charge is 0.339 e. The summed E-state index contributed by atoms with van der Waals surface area (Å²) in [6, 6.07) is 20.8. The minimum atomic E-state index is -0.224. The van der Waals surface area contributed by atoms with Gasteiger partial charge in [-0.2, -0.15) is 0 Å². The van der Waals surface area contributed by atoms with Gasteiger partial charge in [-0.1, -0.05) is 60.3 Å². The van der Waals surface area contributed by atoms with Crippen molar-refractivity contribution >= 4 is 51.2 Å². The molecule has 8 heteroatoms. The topological polar surface area (TPSA) is 86.8 Å². The van der Waals surface area contributed by atoms with E-state index < -0.39 is 0 Å². The Morgan fingerprint density at radius 3 is 2.34 bits per heavy atom. The number of benzene rings is 3. The molecular formula is C27H25N3O4S. The molecule has 2 fully saturated rings. The summed E-state index contributed by atoms with van der Waals surface area (Å²) in [5, 5.41) is 4.71. The van der Waals surface area contributed by atoms with Crippen molar-refractivity contribution in [3.05, 3.63) is 77.9 Å². The van der Waals surface area contributed by atoms with E-state index in [0.717, 1.165) is 28.1 Å². The van der Waals surface area contributed by atoms with E-state index in [0.29, 0.717) is 37.2 Å². The molecule has 3 aromatic carbocycles. The van der Waals surface area contributed by atoms with Crippen LogP contribution in [0.5, 0.6) is 0 Å². The highest BCUT2D eigenvalue weighted by Crippen LogP contribution is 2.25. The van der Waals surface area contributed by atoms with Gasteiger partial charge in [0.25, 0.3) is 11.1 Å². The molecule has 0 spiro atoms. The Hall–Kier alpha value is -3.65. The molecule has 0 saturated carbocycles. The fourth-order valence-corrected chi connectivity index (χ4v) is 5.31. The maximum Gasteiger partial charge on any atom is 0.289 e. The SMILES string of the molecule is O=C(Nc1ccc(CN2C(=O)CSC2=O)cc1)C1CCN(C(=O)c2cccc3ccccc23)CC1. The molecule has 2 heterocycles. The minimum Gasteiger partial charge on any atom is -0.339 e. The zero-order valence-corrected chi connectivity index (χ0v) is 19.9. The van der Waals surface area contributed by atoms with Crippen molar-refractivity contribution in [3.63, 3.8) is 0 Å². The van der Waals surface area contributed by atoms with Gasteiger partial charge in [-0.25, -0.2) is 0 Å². The first kappa shape index (κ1) is 23.1. The quantitative estimate of drug-likeness (QED) is 0.572. The Kier molecular flexibility index (Phi) is 6.55. The van der Waals surface area contributed by atoms with E-state index >= 15 is 0 Å². The molecule has 0 radical (unpaired) electrons. The number of likely N-dealkylation sites (tertiary alicyclic amines) is 1. The van der Waals surface area contributed by atoms with Gasteiger partial charge in [-0.3, -0.25) is 24.1 Å². The first-order valence-corrected chi connectivity index (χ1v) is 12.6. The Bertz CT molecular complexity index is 1280. The molecule has 0 atom stereocenters. The Morgan fingerprint density at radius 1 is 0.914 bits per heavy atom. The van der Waals surface area contributed by atoms with Crippen LogP contribution in [0.15, 0.2) is 66.7 Å². The highest BCUT2D eigenvalue weighted by molar-refractivity contribution is 8.14. The summed E-state index contributed by atoms with van der Waals surface area (Å²) < 4.78 is 0. The van der Waals surface area contributed by atoms with Gasteiger partial charge in [0.15, 0.2) is 0 Å². The first-order chi connectivity index (χ1) is 17.0. The Labute approximate surface area is 207 Å². The maximum absolute atomic E-state index is 13.2. The number of amides is 4. The van der Waals surface area contributed by atoms with E-state index in [4.69, 9.17) is 0 Å². The van der Waals surface area contributed by atoms with Crippen LogP contribution >= 0.6 is 11.8 Å². The molecule has 35 heavy (non-hydrogen) atoms. The zero-order chi connectivity index (χ0) is 24.4. The van der Waals surface area contributed by atoms with Crippen LogP contribution in [0.4, 0.5) is 10.5 Å². The highest BCUT2D eigenvalue weighted by atomic mass is 32.2. The molecule has 3 aromatic rings. The summed E-state index contributed by atoms with van der Waals surface area (Å²) in [4.78, 5) is 52.6. The standard InChI is InChI=1S/C27H25N3O4S/c31-24-17-35-27(34)30(24)16-18-8-10-21(11-9-18)28-25(32)20-12-14-29(15-13-20)26(33)23-7-3-5-19-4-1-2-6-22(19)23/h1-11,20H,12-17H2,(H,28,32). The minimum absolute atomic E-state index is 0.00427. The number of hydrogen-bond acceptors (Lipinski definition) is 5. The van der Waals surface area contributed by atoms with Crippen molar-refractivity contribution in [1.29, 1.82) is 0 Å². The van der Waals surface area contributed by atoms with Gasteiger partial charge in [-0.15, -0.1) is 0 Å². The lowest BCUT2D eigenvalue weighted by Gasteiger charge is -2.31. The van der Waals surface area contributed by atoms with Crippen LogP contribution in [-0.4, -0.2) is 51.6 Å². The number of thioether (sulfide) groups is 1. The molecular weight excluding hydrogens is 462 g/mol. The number of anilines is 1. The maximum atomic E-state index is 13.2. The monoisotopic (exact) mass is 487 g/mol. The summed E-state index contributed by atoms with van der Waals surface area (Å²) >= 11 is 1.02. The number of carbonyl (C=O) groups excluding carboxylic acids is 4. The lowest BCUT2D eigenvalue weighted by Crippen LogP contribution is -2.41. The van der Waals surface area contributed by atoms with Crippen LogP contribution in [0.2, 0.25) is 0 Å². The van der Waals surface area contributed by atoms with Gasteiger partial charge < -0.3 is 10.2 Å². The van der Waals surface area contributed by atoms with Crippen molar-refractivity contribution in [2.75, 3.05) is 24.2 Å². The second-order valence-corrected chi connectivity index (χ2v) is 9.74. The number of rotatable bonds is 5. The lowest BCUT2D eigenvalue weighted by atomic mass is 9.94. The average molecular weight is 488 g/mol. The highest BCUT2D eigenvalue weighted by Gasteiger charge is 2.30. The molecule has 0 aromatic heterocycles. The predicted molar refractivity (Wildman–Crippen MR) is 136 cm³/mol. The fraction of sp³-hybridized carbons (Fsp3) is 0.259.